The van der Waals surface area contributed by atoms with Crippen LogP contribution in [-0.4, -0.2) is 19.1 Å². The van der Waals surface area contributed by atoms with Crippen molar-refractivity contribution in [3.63, 3.8) is 0 Å². The summed E-state index contributed by atoms with van der Waals surface area (Å²) < 4.78 is 5.36. The maximum absolute atomic E-state index is 11.8. The van der Waals surface area contributed by atoms with Gasteiger partial charge in [0.05, 0.1) is 6.61 Å². The van der Waals surface area contributed by atoms with E-state index in [1.165, 1.54) is 0 Å². The Balaban J connectivity index is 2.47. The molecule has 1 aromatic carbocycles. The number of benzene rings is 1. The Morgan fingerprint density at radius 1 is 1.29 bits per heavy atom. The molecular weight excluding hydrogens is 214 g/mol. The zero-order valence-electron chi connectivity index (χ0n) is 10.7. The fourth-order valence-corrected chi connectivity index (χ4v) is 1.57. The average Bonchev–Trinajstić information content (AvgIpc) is 2.35. The maximum atomic E-state index is 11.8. The minimum absolute atomic E-state index is 0.0253. The van der Waals surface area contributed by atoms with E-state index in [-0.39, 0.29) is 5.91 Å². The lowest BCUT2D eigenvalue weighted by Gasteiger charge is -2.07. The summed E-state index contributed by atoms with van der Waals surface area (Å²) in [4.78, 5) is 11.8. The number of nitrogens with one attached hydrogen (secondary N) is 1. The Hall–Kier alpha value is -1.51. The second-order valence-electron chi connectivity index (χ2n) is 3.92. The first kappa shape index (κ1) is 13.6. The van der Waals surface area contributed by atoms with E-state index in [0.717, 1.165) is 31.6 Å². The van der Waals surface area contributed by atoms with Crippen LogP contribution >= 0.6 is 0 Å². The monoisotopic (exact) mass is 235 g/mol. The Morgan fingerprint density at radius 3 is 2.82 bits per heavy atom. The molecule has 0 saturated carbocycles. The van der Waals surface area contributed by atoms with Gasteiger partial charge in [0, 0.05) is 12.1 Å². The smallest absolute Gasteiger partial charge is 0.251 e. The van der Waals surface area contributed by atoms with Crippen LogP contribution in [0.3, 0.4) is 0 Å². The molecule has 0 atom stereocenters. The van der Waals surface area contributed by atoms with Crippen LogP contribution in [0.15, 0.2) is 24.3 Å². The maximum Gasteiger partial charge on any atom is 0.251 e. The molecule has 3 heteroatoms. The zero-order chi connectivity index (χ0) is 12.5. The van der Waals surface area contributed by atoms with Crippen molar-refractivity contribution in [3.8, 4) is 5.75 Å². The number of rotatable bonds is 7. The van der Waals surface area contributed by atoms with Crippen LogP contribution in [0.2, 0.25) is 0 Å². The number of hydrogen-bond acceptors (Lipinski definition) is 2. The Morgan fingerprint density at radius 2 is 2.12 bits per heavy atom. The third-order valence-corrected chi connectivity index (χ3v) is 2.47. The molecule has 1 aromatic rings. The van der Waals surface area contributed by atoms with Crippen LogP contribution in [0, 0.1) is 0 Å². The molecular formula is C14H21NO2. The molecule has 0 unspecified atom stereocenters. The van der Waals surface area contributed by atoms with Gasteiger partial charge in [-0.15, -0.1) is 0 Å². The van der Waals surface area contributed by atoms with E-state index in [1.54, 1.807) is 12.1 Å². The summed E-state index contributed by atoms with van der Waals surface area (Å²) in [6, 6.07) is 7.28. The van der Waals surface area contributed by atoms with Gasteiger partial charge in [0.2, 0.25) is 0 Å². The fraction of sp³-hybridized carbons (Fsp3) is 0.500. The van der Waals surface area contributed by atoms with Gasteiger partial charge in [-0.25, -0.2) is 0 Å². The van der Waals surface area contributed by atoms with Crippen molar-refractivity contribution < 1.29 is 9.53 Å². The number of ether oxygens (including phenoxy) is 1. The molecule has 0 heterocycles. The summed E-state index contributed by atoms with van der Waals surface area (Å²) in [6.07, 6.45) is 3.35. The van der Waals surface area contributed by atoms with Crippen LogP contribution in [0.1, 0.15) is 43.5 Å². The molecule has 17 heavy (non-hydrogen) atoms. The molecule has 0 saturated heterocycles. The minimum Gasteiger partial charge on any atom is -0.494 e. The Kier molecular flexibility index (Phi) is 6.15. The third-order valence-electron chi connectivity index (χ3n) is 2.47. The molecule has 0 fully saturated rings. The molecule has 1 N–H and O–H groups in total. The highest BCUT2D eigenvalue weighted by Gasteiger charge is 2.05. The van der Waals surface area contributed by atoms with Gasteiger partial charge in [-0.2, -0.15) is 0 Å². The topological polar surface area (TPSA) is 38.3 Å². The first-order chi connectivity index (χ1) is 8.27. The van der Waals surface area contributed by atoms with Gasteiger partial charge in [0.25, 0.3) is 5.91 Å². The van der Waals surface area contributed by atoms with Crippen molar-refractivity contribution in [2.75, 3.05) is 13.2 Å². The van der Waals surface area contributed by atoms with E-state index >= 15 is 0 Å². The normalized spacial score (nSPS) is 10.0. The quantitative estimate of drug-likeness (QED) is 0.738. The van der Waals surface area contributed by atoms with E-state index in [9.17, 15) is 4.79 Å². The van der Waals surface area contributed by atoms with Crippen LogP contribution in [0.5, 0.6) is 5.75 Å². The van der Waals surface area contributed by atoms with Gasteiger partial charge in [-0.1, -0.05) is 25.8 Å². The van der Waals surface area contributed by atoms with Gasteiger partial charge >= 0.3 is 0 Å². The van der Waals surface area contributed by atoms with Crippen molar-refractivity contribution in [2.24, 2.45) is 0 Å². The highest BCUT2D eigenvalue weighted by atomic mass is 16.5. The molecule has 0 aliphatic carbocycles. The molecule has 1 rings (SSSR count). The van der Waals surface area contributed by atoms with E-state index in [4.69, 9.17) is 4.74 Å². The zero-order valence-corrected chi connectivity index (χ0v) is 10.7. The van der Waals surface area contributed by atoms with Crippen molar-refractivity contribution in [1.29, 1.82) is 0 Å². The average molecular weight is 235 g/mol. The lowest BCUT2D eigenvalue weighted by molar-refractivity contribution is 0.0952. The van der Waals surface area contributed by atoms with Crippen LogP contribution in [0.25, 0.3) is 0 Å². The molecule has 0 radical (unpaired) electrons. The predicted octanol–water partition coefficient (Wildman–Crippen LogP) is 3.01. The van der Waals surface area contributed by atoms with E-state index < -0.39 is 0 Å². The fourth-order valence-electron chi connectivity index (χ4n) is 1.57. The molecule has 3 nitrogen and oxygen atoms in total. The SMILES string of the molecule is CCCCCNC(=O)c1cccc(OCC)c1. The molecule has 94 valence electrons. The summed E-state index contributed by atoms with van der Waals surface area (Å²) in [5.74, 6) is 0.719. The molecule has 1 amide bonds. The van der Waals surface area contributed by atoms with Gasteiger partial charge in [-0.05, 0) is 31.5 Å². The standard InChI is InChI=1S/C14H21NO2/c1-3-5-6-10-15-14(16)12-8-7-9-13(11-12)17-4-2/h7-9,11H,3-6,10H2,1-2H3,(H,15,16). The second-order valence-corrected chi connectivity index (χ2v) is 3.92. The summed E-state index contributed by atoms with van der Waals surface area (Å²) in [5, 5.41) is 2.91. The Bertz CT molecular complexity index is 350. The van der Waals surface area contributed by atoms with E-state index in [2.05, 4.69) is 12.2 Å². The number of carbonyl (C=O) groups is 1. The molecule has 0 aliphatic heterocycles. The summed E-state index contributed by atoms with van der Waals surface area (Å²) in [7, 11) is 0. The number of carbonyl (C=O) groups excluding carboxylic acids is 1. The molecule has 0 spiro atoms. The Labute approximate surface area is 103 Å². The lowest BCUT2D eigenvalue weighted by atomic mass is 10.2. The number of amides is 1. The van der Waals surface area contributed by atoms with Crippen molar-refractivity contribution >= 4 is 5.91 Å². The first-order valence-corrected chi connectivity index (χ1v) is 6.29. The van der Waals surface area contributed by atoms with Gasteiger partial charge < -0.3 is 10.1 Å². The second kappa shape index (κ2) is 7.71. The van der Waals surface area contributed by atoms with E-state index in [1.807, 2.05) is 19.1 Å². The lowest BCUT2D eigenvalue weighted by Crippen LogP contribution is -2.24. The van der Waals surface area contributed by atoms with Crippen LogP contribution < -0.4 is 10.1 Å². The number of unbranched alkanes of at least 4 members (excludes halogenated alkanes) is 2. The third kappa shape index (κ3) is 4.89. The van der Waals surface area contributed by atoms with Crippen molar-refractivity contribution in [2.45, 2.75) is 33.1 Å². The van der Waals surface area contributed by atoms with Crippen LogP contribution in [-0.2, 0) is 0 Å². The molecule has 0 aliphatic rings. The molecule has 0 aromatic heterocycles. The summed E-state index contributed by atoms with van der Waals surface area (Å²) in [6.45, 7) is 5.43. The van der Waals surface area contributed by atoms with Gasteiger partial charge in [-0.3, -0.25) is 4.79 Å². The van der Waals surface area contributed by atoms with Gasteiger partial charge in [0.15, 0.2) is 0 Å². The minimum atomic E-state index is -0.0253. The van der Waals surface area contributed by atoms with Crippen molar-refractivity contribution in [3.05, 3.63) is 29.8 Å². The predicted molar refractivity (Wildman–Crippen MR) is 69.5 cm³/mol. The van der Waals surface area contributed by atoms with Crippen molar-refractivity contribution in [1.82, 2.24) is 5.32 Å². The first-order valence-electron chi connectivity index (χ1n) is 6.29. The molecule has 0 bridgehead atoms. The van der Waals surface area contributed by atoms with E-state index in [0.29, 0.717) is 12.2 Å². The number of hydrogen-bond donors (Lipinski definition) is 1. The highest BCUT2D eigenvalue weighted by Crippen LogP contribution is 2.13. The van der Waals surface area contributed by atoms with Crippen LogP contribution in [0.4, 0.5) is 0 Å². The summed E-state index contributed by atoms with van der Waals surface area (Å²) in [5.41, 5.74) is 0.660. The highest BCUT2D eigenvalue weighted by molar-refractivity contribution is 5.94. The van der Waals surface area contributed by atoms with Gasteiger partial charge in [0.1, 0.15) is 5.75 Å². The summed E-state index contributed by atoms with van der Waals surface area (Å²) >= 11 is 0. The largest absolute Gasteiger partial charge is 0.494 e.